The molecular weight excluding hydrogens is 253 g/mol. The van der Waals surface area contributed by atoms with Crippen molar-refractivity contribution in [1.29, 1.82) is 0 Å². The smallest absolute Gasteiger partial charge is 0.274 e. The fourth-order valence-electron chi connectivity index (χ4n) is 2.20. The fourth-order valence-corrected chi connectivity index (χ4v) is 2.20. The van der Waals surface area contributed by atoms with Gasteiger partial charge in [-0.25, -0.2) is 4.39 Å². The van der Waals surface area contributed by atoms with Gasteiger partial charge in [0.2, 0.25) is 5.91 Å². The molecule has 1 aromatic rings. The second-order valence-corrected chi connectivity index (χ2v) is 4.58. The van der Waals surface area contributed by atoms with Gasteiger partial charge in [0.1, 0.15) is 5.82 Å². The van der Waals surface area contributed by atoms with Crippen molar-refractivity contribution < 1.29 is 14.1 Å². The number of anilines is 1. The third kappa shape index (κ3) is 3.05. The van der Waals surface area contributed by atoms with Crippen molar-refractivity contribution >= 4 is 17.3 Å². The molecule has 6 nitrogen and oxygen atoms in total. The van der Waals surface area contributed by atoms with Crippen molar-refractivity contribution in [1.82, 2.24) is 5.32 Å². The van der Waals surface area contributed by atoms with Gasteiger partial charge >= 0.3 is 0 Å². The maximum atomic E-state index is 13.2. The summed E-state index contributed by atoms with van der Waals surface area (Å²) in [5, 5.41) is 16.3. The average molecular weight is 267 g/mol. The van der Waals surface area contributed by atoms with Crippen LogP contribution in [-0.4, -0.2) is 23.4 Å². The number of nitro groups is 1. The van der Waals surface area contributed by atoms with Crippen molar-refractivity contribution in [2.45, 2.75) is 19.4 Å². The predicted molar refractivity (Wildman–Crippen MR) is 67.3 cm³/mol. The summed E-state index contributed by atoms with van der Waals surface area (Å²) in [7, 11) is 0. The number of non-ortho nitro benzene ring substituents is 1. The lowest BCUT2D eigenvalue weighted by atomic mass is 10.0. The lowest BCUT2D eigenvalue weighted by Gasteiger charge is -2.14. The summed E-state index contributed by atoms with van der Waals surface area (Å²) < 4.78 is 13.2. The molecular formula is C12H14FN3O3. The number of halogens is 1. The number of hydrogen-bond acceptors (Lipinski definition) is 4. The largest absolute Gasteiger partial charge is 0.325 e. The van der Waals surface area contributed by atoms with Crippen LogP contribution in [0.25, 0.3) is 0 Å². The monoisotopic (exact) mass is 267 g/mol. The van der Waals surface area contributed by atoms with E-state index in [2.05, 4.69) is 10.6 Å². The number of hydrogen-bond donors (Lipinski definition) is 2. The zero-order valence-electron chi connectivity index (χ0n) is 10.4. The second kappa shape index (κ2) is 5.31. The van der Waals surface area contributed by atoms with Crippen LogP contribution < -0.4 is 10.6 Å². The van der Waals surface area contributed by atoms with E-state index in [4.69, 9.17) is 0 Å². The zero-order chi connectivity index (χ0) is 14.0. The summed E-state index contributed by atoms with van der Waals surface area (Å²) in [6, 6.07) is 3.07. The minimum atomic E-state index is -0.748. The van der Waals surface area contributed by atoms with Crippen LogP contribution in [-0.2, 0) is 4.79 Å². The van der Waals surface area contributed by atoms with E-state index in [1.165, 1.54) is 0 Å². The zero-order valence-corrected chi connectivity index (χ0v) is 10.4. The normalized spacial score (nSPS) is 22.2. The molecule has 0 bridgehead atoms. The van der Waals surface area contributed by atoms with Crippen LogP contribution in [0.2, 0.25) is 0 Å². The number of nitrogens with zero attached hydrogens (tertiary/aromatic N) is 1. The van der Waals surface area contributed by atoms with E-state index in [1.54, 1.807) is 0 Å². The first-order valence-electron chi connectivity index (χ1n) is 5.96. The Morgan fingerprint density at radius 3 is 2.84 bits per heavy atom. The summed E-state index contributed by atoms with van der Waals surface area (Å²) in [5.74, 6) is -1.21. The summed E-state index contributed by atoms with van der Waals surface area (Å²) in [6.07, 6.45) is 0.699. The van der Waals surface area contributed by atoms with E-state index in [1.807, 2.05) is 6.92 Å². The topological polar surface area (TPSA) is 84.3 Å². The quantitative estimate of drug-likeness (QED) is 0.644. The molecule has 0 spiro atoms. The van der Waals surface area contributed by atoms with Gasteiger partial charge in [-0.05, 0) is 26.0 Å². The van der Waals surface area contributed by atoms with Crippen LogP contribution in [0.3, 0.4) is 0 Å². The van der Waals surface area contributed by atoms with Crippen molar-refractivity contribution in [2.24, 2.45) is 5.92 Å². The summed E-state index contributed by atoms with van der Waals surface area (Å²) in [6.45, 7) is 2.65. The Kier molecular flexibility index (Phi) is 3.75. The number of nitrogens with one attached hydrogen (secondary N) is 2. The molecule has 19 heavy (non-hydrogen) atoms. The molecule has 102 valence electrons. The first-order chi connectivity index (χ1) is 8.97. The van der Waals surface area contributed by atoms with Crippen LogP contribution in [0.1, 0.15) is 13.3 Å². The summed E-state index contributed by atoms with van der Waals surface area (Å²) in [5.41, 5.74) is -0.274. The number of amides is 1. The highest BCUT2D eigenvalue weighted by atomic mass is 19.1. The maximum Gasteiger partial charge on any atom is 0.274 e. The highest BCUT2D eigenvalue weighted by molar-refractivity contribution is 5.93. The van der Waals surface area contributed by atoms with Crippen molar-refractivity contribution in [2.75, 3.05) is 11.9 Å². The van der Waals surface area contributed by atoms with Gasteiger partial charge in [-0.1, -0.05) is 0 Å². The Bertz CT molecular complexity index is 521. The summed E-state index contributed by atoms with van der Waals surface area (Å²) in [4.78, 5) is 21.9. The lowest BCUT2D eigenvalue weighted by Crippen LogP contribution is -2.32. The Balaban J connectivity index is 2.14. The van der Waals surface area contributed by atoms with Crippen LogP contribution >= 0.6 is 0 Å². The minimum absolute atomic E-state index is 0.0449. The van der Waals surface area contributed by atoms with Gasteiger partial charge in [0.05, 0.1) is 22.6 Å². The molecule has 1 heterocycles. The maximum absolute atomic E-state index is 13.2. The van der Waals surface area contributed by atoms with Crippen molar-refractivity contribution in [3.63, 3.8) is 0 Å². The van der Waals surface area contributed by atoms with E-state index in [-0.39, 0.29) is 29.2 Å². The lowest BCUT2D eigenvalue weighted by molar-refractivity contribution is -0.385. The third-order valence-corrected chi connectivity index (χ3v) is 3.22. The molecule has 2 N–H and O–H groups in total. The van der Waals surface area contributed by atoms with Crippen LogP contribution in [0.4, 0.5) is 15.8 Å². The van der Waals surface area contributed by atoms with Crippen LogP contribution in [0.15, 0.2) is 18.2 Å². The first kappa shape index (κ1) is 13.4. The molecule has 7 heteroatoms. The number of rotatable bonds is 3. The van der Waals surface area contributed by atoms with Crippen molar-refractivity contribution in [3.05, 3.63) is 34.1 Å². The van der Waals surface area contributed by atoms with Gasteiger partial charge in [0, 0.05) is 12.1 Å². The number of benzene rings is 1. The predicted octanol–water partition coefficient (Wildman–Crippen LogP) is 1.67. The molecule has 1 aliphatic heterocycles. The molecule has 0 aliphatic carbocycles. The van der Waals surface area contributed by atoms with E-state index >= 15 is 0 Å². The van der Waals surface area contributed by atoms with Gasteiger partial charge in [0.15, 0.2) is 0 Å². The molecule has 0 radical (unpaired) electrons. The Morgan fingerprint density at radius 2 is 2.26 bits per heavy atom. The van der Waals surface area contributed by atoms with Gasteiger partial charge in [-0.2, -0.15) is 0 Å². The van der Waals surface area contributed by atoms with Gasteiger partial charge in [-0.3, -0.25) is 14.9 Å². The molecule has 2 unspecified atom stereocenters. The van der Waals surface area contributed by atoms with E-state index in [0.717, 1.165) is 24.7 Å². The number of carbonyl (C=O) groups excluding carboxylic acids is 1. The second-order valence-electron chi connectivity index (χ2n) is 4.58. The van der Waals surface area contributed by atoms with E-state index in [9.17, 15) is 19.3 Å². The molecule has 1 amide bonds. The standard InChI is InChI=1S/C12H14FN3O3/c1-7-11(2-3-14-7)12(17)15-9-4-8(13)5-10(6-9)16(18)19/h4-7,11,14H,2-3H2,1H3,(H,15,17). The van der Waals surface area contributed by atoms with E-state index < -0.39 is 10.7 Å². The highest BCUT2D eigenvalue weighted by Crippen LogP contribution is 2.22. The van der Waals surface area contributed by atoms with Crippen molar-refractivity contribution in [3.8, 4) is 0 Å². The molecule has 1 fully saturated rings. The summed E-state index contributed by atoms with van der Waals surface area (Å²) >= 11 is 0. The fraction of sp³-hybridized carbons (Fsp3) is 0.417. The molecule has 2 atom stereocenters. The average Bonchev–Trinajstić information content (AvgIpc) is 2.74. The molecule has 1 aliphatic rings. The van der Waals surface area contributed by atoms with Gasteiger partial charge in [0.25, 0.3) is 5.69 Å². The first-order valence-corrected chi connectivity index (χ1v) is 5.96. The molecule has 1 aromatic carbocycles. The van der Waals surface area contributed by atoms with Crippen LogP contribution in [0.5, 0.6) is 0 Å². The van der Waals surface area contributed by atoms with E-state index in [0.29, 0.717) is 6.42 Å². The Morgan fingerprint density at radius 1 is 1.53 bits per heavy atom. The minimum Gasteiger partial charge on any atom is -0.325 e. The number of nitro benzene ring substituents is 1. The molecule has 2 rings (SSSR count). The highest BCUT2D eigenvalue weighted by Gasteiger charge is 2.29. The third-order valence-electron chi connectivity index (χ3n) is 3.22. The SMILES string of the molecule is CC1NCCC1C(=O)Nc1cc(F)cc([N+](=O)[O-])c1. The molecule has 0 aromatic heterocycles. The number of carbonyl (C=O) groups is 1. The van der Waals surface area contributed by atoms with Gasteiger partial charge < -0.3 is 10.6 Å². The Hall–Kier alpha value is -2.02. The van der Waals surface area contributed by atoms with Crippen LogP contribution in [0, 0.1) is 21.8 Å². The molecule has 1 saturated heterocycles. The van der Waals surface area contributed by atoms with Gasteiger partial charge in [-0.15, -0.1) is 0 Å². The Labute approximate surface area is 109 Å². The molecule has 0 saturated carbocycles.